The molecule has 1 aromatic heterocycles. The van der Waals surface area contributed by atoms with Gasteiger partial charge in [-0.25, -0.2) is 9.18 Å². The SMILES string of the molecule is COC(=O)c1nn(Cc2cccc(Cl)c2F)cc1N. The van der Waals surface area contributed by atoms with Crippen LogP contribution in [0.4, 0.5) is 10.1 Å². The lowest BCUT2D eigenvalue weighted by Crippen LogP contribution is -2.07. The van der Waals surface area contributed by atoms with Crippen LogP contribution in [0.5, 0.6) is 0 Å². The van der Waals surface area contributed by atoms with E-state index in [-0.39, 0.29) is 22.9 Å². The van der Waals surface area contributed by atoms with E-state index in [1.807, 2.05) is 0 Å². The maximum Gasteiger partial charge on any atom is 0.360 e. The van der Waals surface area contributed by atoms with E-state index < -0.39 is 11.8 Å². The summed E-state index contributed by atoms with van der Waals surface area (Å²) in [5, 5.41) is 3.99. The number of benzene rings is 1. The smallest absolute Gasteiger partial charge is 0.360 e. The highest BCUT2D eigenvalue weighted by Crippen LogP contribution is 2.19. The minimum absolute atomic E-state index is 0.00457. The molecule has 0 atom stereocenters. The van der Waals surface area contributed by atoms with Gasteiger partial charge in [0, 0.05) is 11.8 Å². The number of rotatable bonds is 3. The summed E-state index contributed by atoms with van der Waals surface area (Å²) < 4.78 is 19.6. The number of hydrogen-bond acceptors (Lipinski definition) is 4. The van der Waals surface area contributed by atoms with Gasteiger partial charge in [0.05, 0.1) is 24.4 Å². The van der Waals surface area contributed by atoms with Crippen molar-refractivity contribution in [3.05, 3.63) is 46.5 Å². The molecule has 0 aliphatic heterocycles. The van der Waals surface area contributed by atoms with E-state index in [1.54, 1.807) is 12.1 Å². The van der Waals surface area contributed by atoms with E-state index in [4.69, 9.17) is 17.3 Å². The molecule has 7 heteroatoms. The molecule has 100 valence electrons. The Morgan fingerprint density at radius 3 is 3.00 bits per heavy atom. The van der Waals surface area contributed by atoms with Gasteiger partial charge < -0.3 is 10.5 Å². The predicted molar refractivity (Wildman–Crippen MR) is 68.5 cm³/mol. The zero-order valence-corrected chi connectivity index (χ0v) is 10.8. The molecule has 0 bridgehead atoms. The number of ether oxygens (including phenoxy) is 1. The molecular formula is C12H11ClFN3O2. The summed E-state index contributed by atoms with van der Waals surface area (Å²) >= 11 is 5.69. The molecule has 2 N–H and O–H groups in total. The molecule has 0 spiro atoms. The molecule has 0 aliphatic carbocycles. The fourth-order valence-corrected chi connectivity index (χ4v) is 1.81. The van der Waals surface area contributed by atoms with Gasteiger partial charge in [0.15, 0.2) is 5.69 Å². The Morgan fingerprint density at radius 1 is 1.58 bits per heavy atom. The monoisotopic (exact) mass is 283 g/mol. The first-order valence-corrected chi connectivity index (χ1v) is 5.75. The summed E-state index contributed by atoms with van der Waals surface area (Å²) in [5.74, 6) is -1.15. The minimum Gasteiger partial charge on any atom is -0.464 e. The first kappa shape index (κ1) is 13.4. The second-order valence-electron chi connectivity index (χ2n) is 3.84. The van der Waals surface area contributed by atoms with Gasteiger partial charge in [0.1, 0.15) is 5.82 Å². The fourth-order valence-electron chi connectivity index (χ4n) is 1.62. The second-order valence-corrected chi connectivity index (χ2v) is 4.24. The number of nitrogen functional groups attached to an aromatic ring is 1. The lowest BCUT2D eigenvalue weighted by atomic mass is 10.2. The van der Waals surface area contributed by atoms with Crippen LogP contribution in [0.15, 0.2) is 24.4 Å². The van der Waals surface area contributed by atoms with Crippen LogP contribution in [0, 0.1) is 5.82 Å². The van der Waals surface area contributed by atoms with Gasteiger partial charge >= 0.3 is 5.97 Å². The van der Waals surface area contributed by atoms with Crippen molar-refractivity contribution >= 4 is 23.3 Å². The molecule has 0 saturated carbocycles. The molecule has 5 nitrogen and oxygen atoms in total. The molecule has 0 amide bonds. The number of anilines is 1. The van der Waals surface area contributed by atoms with Crippen LogP contribution in [-0.2, 0) is 11.3 Å². The lowest BCUT2D eigenvalue weighted by molar-refractivity contribution is 0.0594. The summed E-state index contributed by atoms with van der Waals surface area (Å²) in [7, 11) is 1.23. The Hall–Kier alpha value is -2.08. The van der Waals surface area contributed by atoms with Crippen molar-refractivity contribution in [3.8, 4) is 0 Å². The number of nitrogens with two attached hydrogens (primary N) is 1. The number of aromatic nitrogens is 2. The Kier molecular flexibility index (Phi) is 3.71. The summed E-state index contributed by atoms with van der Waals surface area (Å²) in [4.78, 5) is 11.3. The molecule has 2 rings (SSSR count). The number of nitrogens with zero attached hydrogens (tertiary/aromatic N) is 2. The van der Waals surface area contributed by atoms with Gasteiger partial charge in [-0.1, -0.05) is 23.7 Å². The zero-order valence-electron chi connectivity index (χ0n) is 10.1. The molecule has 19 heavy (non-hydrogen) atoms. The van der Waals surface area contributed by atoms with Crippen molar-refractivity contribution < 1.29 is 13.9 Å². The lowest BCUT2D eigenvalue weighted by Gasteiger charge is -2.04. The van der Waals surface area contributed by atoms with Gasteiger partial charge in [-0.15, -0.1) is 0 Å². The van der Waals surface area contributed by atoms with Gasteiger partial charge in [0.2, 0.25) is 0 Å². The summed E-state index contributed by atoms with van der Waals surface area (Å²) in [6, 6.07) is 4.67. The molecule has 0 aliphatic rings. The highest BCUT2D eigenvalue weighted by Gasteiger charge is 2.16. The Balaban J connectivity index is 2.29. The van der Waals surface area contributed by atoms with Crippen LogP contribution in [-0.4, -0.2) is 22.9 Å². The summed E-state index contributed by atoms with van der Waals surface area (Å²) in [6.07, 6.45) is 1.44. The van der Waals surface area contributed by atoms with Crippen LogP contribution < -0.4 is 5.73 Å². The molecule has 2 aromatic rings. The number of hydrogen-bond donors (Lipinski definition) is 1. The Morgan fingerprint density at radius 2 is 2.32 bits per heavy atom. The van der Waals surface area contributed by atoms with Crippen molar-refractivity contribution in [2.45, 2.75) is 6.54 Å². The van der Waals surface area contributed by atoms with Gasteiger partial charge in [0.25, 0.3) is 0 Å². The van der Waals surface area contributed by atoms with Crippen molar-refractivity contribution in [3.63, 3.8) is 0 Å². The highest BCUT2D eigenvalue weighted by molar-refractivity contribution is 6.30. The fraction of sp³-hybridized carbons (Fsp3) is 0.167. The predicted octanol–water partition coefficient (Wildman–Crippen LogP) is 2.09. The van der Waals surface area contributed by atoms with Crippen molar-refractivity contribution in [2.24, 2.45) is 0 Å². The van der Waals surface area contributed by atoms with Crippen LogP contribution in [0.3, 0.4) is 0 Å². The first-order chi connectivity index (χ1) is 9.02. The topological polar surface area (TPSA) is 70.1 Å². The van der Waals surface area contributed by atoms with Gasteiger partial charge in [-0.3, -0.25) is 4.68 Å². The number of carbonyl (C=O) groups excluding carboxylic acids is 1. The maximum absolute atomic E-state index is 13.7. The second kappa shape index (κ2) is 5.27. The normalized spacial score (nSPS) is 10.5. The van der Waals surface area contributed by atoms with Crippen LogP contribution in [0.25, 0.3) is 0 Å². The van der Waals surface area contributed by atoms with Crippen molar-refractivity contribution in [1.82, 2.24) is 9.78 Å². The average Bonchev–Trinajstić information content (AvgIpc) is 2.75. The third-order valence-corrected chi connectivity index (χ3v) is 2.82. The summed E-state index contributed by atoms with van der Waals surface area (Å²) in [6.45, 7) is 0.119. The van der Waals surface area contributed by atoms with E-state index in [1.165, 1.54) is 24.1 Å². The quantitative estimate of drug-likeness (QED) is 0.876. The van der Waals surface area contributed by atoms with Gasteiger partial charge in [-0.05, 0) is 6.07 Å². The zero-order chi connectivity index (χ0) is 14.0. The molecule has 1 heterocycles. The van der Waals surface area contributed by atoms with Crippen molar-refractivity contribution in [1.29, 1.82) is 0 Å². The number of esters is 1. The molecule has 0 radical (unpaired) electrons. The third-order valence-electron chi connectivity index (χ3n) is 2.53. The number of methoxy groups -OCH3 is 1. The minimum atomic E-state index is -0.636. The summed E-state index contributed by atoms with van der Waals surface area (Å²) in [5.41, 5.74) is 6.17. The molecular weight excluding hydrogens is 273 g/mol. The van der Waals surface area contributed by atoms with Crippen LogP contribution in [0.2, 0.25) is 5.02 Å². The third kappa shape index (κ3) is 2.68. The highest BCUT2D eigenvalue weighted by atomic mass is 35.5. The molecule has 1 aromatic carbocycles. The van der Waals surface area contributed by atoms with E-state index in [9.17, 15) is 9.18 Å². The average molecular weight is 284 g/mol. The van der Waals surface area contributed by atoms with E-state index in [0.29, 0.717) is 5.56 Å². The Bertz CT molecular complexity index is 627. The maximum atomic E-state index is 13.7. The Labute approximate surface area is 113 Å². The van der Waals surface area contributed by atoms with Crippen LogP contribution >= 0.6 is 11.6 Å². The first-order valence-electron chi connectivity index (χ1n) is 5.37. The number of halogens is 2. The molecule has 0 saturated heterocycles. The van der Waals surface area contributed by atoms with Crippen LogP contribution in [0.1, 0.15) is 16.1 Å². The van der Waals surface area contributed by atoms with E-state index in [2.05, 4.69) is 9.84 Å². The molecule has 0 unspecified atom stereocenters. The standard InChI is InChI=1S/C12H11ClFN3O2/c1-19-12(18)11-9(15)6-17(16-11)5-7-3-2-4-8(13)10(7)14/h2-4,6H,5,15H2,1H3. The van der Waals surface area contributed by atoms with E-state index >= 15 is 0 Å². The number of carbonyl (C=O) groups is 1. The van der Waals surface area contributed by atoms with E-state index in [0.717, 1.165) is 0 Å². The molecule has 0 fully saturated rings. The van der Waals surface area contributed by atoms with Gasteiger partial charge in [-0.2, -0.15) is 5.10 Å². The van der Waals surface area contributed by atoms with Crippen molar-refractivity contribution in [2.75, 3.05) is 12.8 Å². The largest absolute Gasteiger partial charge is 0.464 e.